The van der Waals surface area contributed by atoms with Crippen molar-refractivity contribution >= 4 is 5.97 Å². The third-order valence-corrected chi connectivity index (χ3v) is 3.49. The molecule has 1 aliphatic rings. The number of piperidine rings is 1. The lowest BCUT2D eigenvalue weighted by atomic mass is 10.1. The van der Waals surface area contributed by atoms with Gasteiger partial charge in [-0.1, -0.05) is 12.1 Å². The van der Waals surface area contributed by atoms with Gasteiger partial charge in [0.2, 0.25) is 0 Å². The number of benzene rings is 1. The zero-order chi connectivity index (χ0) is 13.7. The number of aliphatic carboxylic acids is 1. The van der Waals surface area contributed by atoms with Crippen LogP contribution in [0.5, 0.6) is 5.75 Å². The third-order valence-electron chi connectivity index (χ3n) is 3.49. The number of likely N-dealkylation sites (tertiary alicyclic amines) is 1. The van der Waals surface area contributed by atoms with E-state index in [9.17, 15) is 4.79 Å². The van der Waals surface area contributed by atoms with Crippen molar-refractivity contribution in [1.29, 1.82) is 0 Å². The van der Waals surface area contributed by atoms with Gasteiger partial charge < -0.3 is 14.7 Å². The van der Waals surface area contributed by atoms with Gasteiger partial charge in [-0.05, 0) is 44.0 Å². The number of ether oxygens (including phenoxy) is 1. The van der Waals surface area contributed by atoms with Crippen molar-refractivity contribution in [3.8, 4) is 5.75 Å². The first-order chi connectivity index (χ1) is 9.13. The van der Waals surface area contributed by atoms with E-state index < -0.39 is 5.97 Å². The Bertz CT molecular complexity index is 425. The number of aryl methyl sites for hydroxylation is 1. The minimum atomic E-state index is -0.762. The maximum Gasteiger partial charge on any atom is 0.303 e. The van der Waals surface area contributed by atoms with E-state index in [-0.39, 0.29) is 12.5 Å². The number of rotatable bonds is 5. The summed E-state index contributed by atoms with van der Waals surface area (Å²) in [6.07, 6.45) is 3.11. The molecule has 1 saturated heterocycles. The predicted octanol–water partition coefficient (Wildman–Crippen LogP) is 2.18. The second kappa shape index (κ2) is 6.57. The molecule has 104 valence electrons. The predicted molar refractivity (Wildman–Crippen MR) is 73.5 cm³/mol. The number of hydrogen-bond acceptors (Lipinski definition) is 3. The minimum absolute atomic E-state index is 0.164. The van der Waals surface area contributed by atoms with E-state index in [4.69, 9.17) is 9.84 Å². The quantitative estimate of drug-likeness (QED) is 0.884. The topological polar surface area (TPSA) is 49.8 Å². The van der Waals surface area contributed by atoms with Gasteiger partial charge in [0, 0.05) is 19.5 Å². The van der Waals surface area contributed by atoms with E-state index >= 15 is 0 Å². The lowest BCUT2D eigenvalue weighted by molar-refractivity contribution is -0.136. The molecule has 1 fully saturated rings. The van der Waals surface area contributed by atoms with Gasteiger partial charge in [-0.2, -0.15) is 0 Å². The van der Waals surface area contributed by atoms with Gasteiger partial charge in [0.15, 0.2) is 0 Å². The van der Waals surface area contributed by atoms with Crippen molar-refractivity contribution in [3.05, 3.63) is 29.8 Å². The molecule has 0 spiro atoms. The Hall–Kier alpha value is -1.55. The van der Waals surface area contributed by atoms with E-state index in [1.54, 1.807) is 0 Å². The van der Waals surface area contributed by atoms with Gasteiger partial charge in [0.05, 0.1) is 0 Å². The van der Waals surface area contributed by atoms with Crippen molar-refractivity contribution < 1.29 is 14.6 Å². The number of carboxylic acid groups (broad SMARTS) is 1. The highest BCUT2D eigenvalue weighted by atomic mass is 16.5. The summed E-state index contributed by atoms with van der Waals surface area (Å²) in [4.78, 5) is 12.9. The smallest absolute Gasteiger partial charge is 0.303 e. The molecule has 4 nitrogen and oxygen atoms in total. The Kier molecular flexibility index (Phi) is 4.80. The summed E-state index contributed by atoms with van der Waals surface area (Å²) in [5.41, 5.74) is 1.02. The fourth-order valence-electron chi connectivity index (χ4n) is 2.32. The molecule has 1 aromatic rings. The van der Waals surface area contributed by atoms with Crippen molar-refractivity contribution in [1.82, 2.24) is 4.90 Å². The van der Waals surface area contributed by atoms with E-state index in [2.05, 4.69) is 11.9 Å². The highest BCUT2D eigenvalue weighted by molar-refractivity contribution is 5.67. The minimum Gasteiger partial charge on any atom is -0.490 e. The molecule has 19 heavy (non-hydrogen) atoms. The summed E-state index contributed by atoms with van der Waals surface area (Å²) in [7, 11) is 2.13. The maximum atomic E-state index is 10.6. The summed E-state index contributed by atoms with van der Waals surface area (Å²) in [6.45, 7) is 2.15. The molecule has 0 aromatic heterocycles. The van der Waals surface area contributed by atoms with Crippen LogP contribution in [0, 0.1) is 0 Å². The second-order valence-corrected chi connectivity index (χ2v) is 5.16. The van der Waals surface area contributed by atoms with Gasteiger partial charge in [-0.15, -0.1) is 0 Å². The van der Waals surface area contributed by atoms with Gasteiger partial charge >= 0.3 is 5.97 Å². The number of carboxylic acids is 1. The Balaban J connectivity index is 1.89. The molecular formula is C15H21NO3. The van der Waals surface area contributed by atoms with Crippen molar-refractivity contribution in [2.75, 3.05) is 20.1 Å². The maximum absolute atomic E-state index is 10.6. The average molecular weight is 263 g/mol. The first-order valence-electron chi connectivity index (χ1n) is 6.79. The largest absolute Gasteiger partial charge is 0.490 e. The highest BCUT2D eigenvalue weighted by Gasteiger charge is 2.17. The van der Waals surface area contributed by atoms with Crippen LogP contribution in [0.25, 0.3) is 0 Å². The van der Waals surface area contributed by atoms with Crippen LogP contribution in [0.1, 0.15) is 24.8 Å². The number of carbonyl (C=O) groups is 1. The first kappa shape index (κ1) is 13.9. The Morgan fingerprint density at radius 2 is 2.16 bits per heavy atom. The molecule has 1 N–H and O–H groups in total. The summed E-state index contributed by atoms with van der Waals surface area (Å²) >= 11 is 0. The first-order valence-corrected chi connectivity index (χ1v) is 6.79. The lowest BCUT2D eigenvalue weighted by Crippen LogP contribution is -2.35. The van der Waals surface area contributed by atoms with E-state index in [1.165, 1.54) is 0 Å². The van der Waals surface area contributed by atoms with Crippen LogP contribution in [-0.2, 0) is 11.2 Å². The van der Waals surface area contributed by atoms with Gasteiger partial charge in [-0.3, -0.25) is 4.79 Å². The molecule has 0 amide bonds. The summed E-state index contributed by atoms with van der Waals surface area (Å²) in [5, 5.41) is 8.69. The Labute approximate surface area is 114 Å². The number of hydrogen-bond donors (Lipinski definition) is 1. The third kappa shape index (κ3) is 4.56. The van der Waals surface area contributed by atoms with E-state index in [0.717, 1.165) is 37.2 Å². The van der Waals surface area contributed by atoms with Crippen molar-refractivity contribution in [2.45, 2.75) is 31.8 Å². The zero-order valence-corrected chi connectivity index (χ0v) is 11.3. The van der Waals surface area contributed by atoms with Crippen LogP contribution in [0.3, 0.4) is 0 Å². The van der Waals surface area contributed by atoms with Crippen LogP contribution in [0.4, 0.5) is 0 Å². The Morgan fingerprint density at radius 3 is 2.84 bits per heavy atom. The van der Waals surface area contributed by atoms with E-state index in [0.29, 0.717) is 6.42 Å². The summed E-state index contributed by atoms with van der Waals surface area (Å²) < 4.78 is 5.98. The standard InChI is InChI=1S/C15H21NO3/c1-16-9-7-13(8-10-16)19-14-4-2-3-12(11-14)5-6-15(17)18/h2-4,11,13H,5-10H2,1H3,(H,17,18). The fourth-order valence-corrected chi connectivity index (χ4v) is 2.32. The van der Waals surface area contributed by atoms with Crippen LogP contribution in [0.2, 0.25) is 0 Å². The zero-order valence-electron chi connectivity index (χ0n) is 11.3. The molecule has 0 radical (unpaired) electrons. The molecule has 1 aromatic carbocycles. The van der Waals surface area contributed by atoms with Gasteiger partial charge in [0.25, 0.3) is 0 Å². The molecule has 1 aliphatic heterocycles. The Morgan fingerprint density at radius 1 is 1.42 bits per heavy atom. The van der Waals surface area contributed by atoms with Crippen molar-refractivity contribution in [2.24, 2.45) is 0 Å². The lowest BCUT2D eigenvalue weighted by Gasteiger charge is -2.29. The van der Waals surface area contributed by atoms with E-state index in [1.807, 2.05) is 24.3 Å². The van der Waals surface area contributed by atoms with Crippen LogP contribution < -0.4 is 4.74 Å². The molecule has 0 bridgehead atoms. The number of nitrogens with zero attached hydrogens (tertiary/aromatic N) is 1. The molecule has 2 rings (SSSR count). The van der Waals surface area contributed by atoms with Crippen molar-refractivity contribution in [3.63, 3.8) is 0 Å². The fraction of sp³-hybridized carbons (Fsp3) is 0.533. The van der Waals surface area contributed by atoms with Crippen LogP contribution in [-0.4, -0.2) is 42.2 Å². The summed E-state index contributed by atoms with van der Waals surface area (Å²) in [5.74, 6) is 0.0964. The average Bonchev–Trinajstić information content (AvgIpc) is 2.40. The molecule has 0 unspecified atom stereocenters. The van der Waals surface area contributed by atoms with Gasteiger partial charge in [0.1, 0.15) is 11.9 Å². The molecule has 4 heteroatoms. The van der Waals surface area contributed by atoms with Crippen LogP contribution in [0.15, 0.2) is 24.3 Å². The van der Waals surface area contributed by atoms with Crippen LogP contribution >= 0.6 is 0 Å². The monoisotopic (exact) mass is 263 g/mol. The highest BCUT2D eigenvalue weighted by Crippen LogP contribution is 2.20. The molecular weight excluding hydrogens is 242 g/mol. The molecule has 0 atom stereocenters. The molecule has 1 heterocycles. The molecule has 0 saturated carbocycles. The normalized spacial score (nSPS) is 17.3. The second-order valence-electron chi connectivity index (χ2n) is 5.16. The van der Waals surface area contributed by atoms with Gasteiger partial charge in [-0.25, -0.2) is 0 Å². The molecule has 0 aliphatic carbocycles. The summed E-state index contributed by atoms with van der Waals surface area (Å²) in [6, 6.07) is 7.79. The SMILES string of the molecule is CN1CCC(Oc2cccc(CCC(=O)O)c2)CC1.